The number of nitrogens with two attached hydrogens (primary N) is 1. The van der Waals surface area contributed by atoms with Gasteiger partial charge in [0.15, 0.2) is 5.82 Å². The lowest BCUT2D eigenvalue weighted by atomic mass is 10.1. The number of hydrogen-bond acceptors (Lipinski definition) is 6. The first-order valence-corrected chi connectivity index (χ1v) is 8.94. The van der Waals surface area contributed by atoms with E-state index < -0.39 is 11.7 Å². The zero-order valence-electron chi connectivity index (χ0n) is 15.3. The van der Waals surface area contributed by atoms with Crippen molar-refractivity contribution in [1.82, 2.24) is 15.3 Å². The topological polar surface area (TPSA) is 105 Å². The van der Waals surface area contributed by atoms with Crippen molar-refractivity contribution >= 4 is 40.6 Å². The molecule has 156 valence electrons. The molecule has 0 saturated heterocycles. The van der Waals surface area contributed by atoms with Crippen molar-refractivity contribution in [3.8, 4) is 0 Å². The Hall–Kier alpha value is -3.53. The SMILES string of the molecule is Nc1cc(Nc2ncc(Cl)c(NCNC(=O)c3ccccc3)n2)cc(C(F)(F)F)c1. The van der Waals surface area contributed by atoms with Crippen LogP contribution in [0.5, 0.6) is 0 Å². The minimum atomic E-state index is -4.55. The van der Waals surface area contributed by atoms with E-state index in [0.29, 0.717) is 5.56 Å². The number of carbonyl (C=O) groups excluding carboxylic acids is 1. The van der Waals surface area contributed by atoms with Gasteiger partial charge in [0, 0.05) is 16.9 Å². The van der Waals surface area contributed by atoms with Crippen LogP contribution in [-0.4, -0.2) is 22.5 Å². The van der Waals surface area contributed by atoms with Crippen molar-refractivity contribution in [2.45, 2.75) is 6.18 Å². The van der Waals surface area contributed by atoms with E-state index in [4.69, 9.17) is 17.3 Å². The summed E-state index contributed by atoms with van der Waals surface area (Å²) < 4.78 is 38.9. The first-order valence-electron chi connectivity index (χ1n) is 8.57. The highest BCUT2D eigenvalue weighted by Crippen LogP contribution is 2.33. The molecular weight excluding hydrogens is 421 g/mol. The minimum Gasteiger partial charge on any atom is -0.399 e. The largest absolute Gasteiger partial charge is 0.416 e. The Morgan fingerprint density at radius 3 is 2.57 bits per heavy atom. The second-order valence-corrected chi connectivity index (χ2v) is 6.49. The molecule has 0 atom stereocenters. The molecule has 0 aliphatic heterocycles. The van der Waals surface area contributed by atoms with Gasteiger partial charge in [-0.15, -0.1) is 0 Å². The molecule has 0 radical (unpaired) electrons. The Morgan fingerprint density at radius 2 is 1.87 bits per heavy atom. The van der Waals surface area contributed by atoms with Crippen LogP contribution < -0.4 is 21.7 Å². The Morgan fingerprint density at radius 1 is 1.13 bits per heavy atom. The van der Waals surface area contributed by atoms with Gasteiger partial charge in [-0.05, 0) is 30.3 Å². The van der Waals surface area contributed by atoms with E-state index in [1.165, 1.54) is 12.3 Å². The maximum absolute atomic E-state index is 13.0. The van der Waals surface area contributed by atoms with Gasteiger partial charge in [0.2, 0.25) is 5.95 Å². The van der Waals surface area contributed by atoms with E-state index in [1.807, 2.05) is 0 Å². The Balaban J connectivity index is 1.68. The molecule has 1 aromatic heterocycles. The van der Waals surface area contributed by atoms with E-state index in [-0.39, 0.29) is 40.7 Å². The summed E-state index contributed by atoms with van der Waals surface area (Å²) in [6, 6.07) is 11.6. The predicted molar refractivity (Wildman–Crippen MR) is 109 cm³/mol. The third-order valence-corrected chi connectivity index (χ3v) is 4.10. The third-order valence-electron chi connectivity index (χ3n) is 3.82. The summed E-state index contributed by atoms with van der Waals surface area (Å²) in [6.07, 6.45) is -3.27. The Labute approximate surface area is 174 Å². The maximum atomic E-state index is 13.0. The number of alkyl halides is 3. The smallest absolute Gasteiger partial charge is 0.399 e. The average molecular weight is 437 g/mol. The Bertz CT molecular complexity index is 1050. The molecule has 1 amide bonds. The second-order valence-electron chi connectivity index (χ2n) is 6.08. The number of aromatic nitrogens is 2. The van der Waals surface area contributed by atoms with Gasteiger partial charge < -0.3 is 21.7 Å². The number of carbonyl (C=O) groups is 1. The van der Waals surface area contributed by atoms with Crippen molar-refractivity contribution in [2.24, 2.45) is 0 Å². The van der Waals surface area contributed by atoms with Gasteiger partial charge in [-0.2, -0.15) is 18.2 Å². The van der Waals surface area contributed by atoms with E-state index >= 15 is 0 Å². The summed E-state index contributed by atoms with van der Waals surface area (Å²) in [6.45, 7) is 0.0143. The Kier molecular flexibility index (Phi) is 6.26. The van der Waals surface area contributed by atoms with E-state index in [0.717, 1.165) is 12.1 Å². The molecule has 7 nitrogen and oxygen atoms in total. The molecule has 5 N–H and O–H groups in total. The molecule has 2 aromatic carbocycles. The maximum Gasteiger partial charge on any atom is 0.416 e. The number of nitrogen functional groups attached to an aromatic ring is 1. The number of hydrogen-bond donors (Lipinski definition) is 4. The van der Waals surface area contributed by atoms with Gasteiger partial charge in [-0.3, -0.25) is 4.79 Å². The number of nitrogens with one attached hydrogen (secondary N) is 3. The zero-order valence-corrected chi connectivity index (χ0v) is 16.1. The molecule has 30 heavy (non-hydrogen) atoms. The molecule has 0 unspecified atom stereocenters. The van der Waals surface area contributed by atoms with Gasteiger partial charge in [-0.1, -0.05) is 29.8 Å². The lowest BCUT2D eigenvalue weighted by molar-refractivity contribution is -0.137. The fourth-order valence-corrected chi connectivity index (χ4v) is 2.63. The summed E-state index contributed by atoms with van der Waals surface area (Å²) in [4.78, 5) is 20.1. The molecule has 11 heteroatoms. The summed E-state index contributed by atoms with van der Waals surface area (Å²) >= 11 is 6.05. The molecular formula is C19H16ClF3N6O. The molecule has 0 aliphatic rings. The summed E-state index contributed by atoms with van der Waals surface area (Å²) in [5.74, 6) is -0.122. The highest BCUT2D eigenvalue weighted by atomic mass is 35.5. The van der Waals surface area contributed by atoms with Crippen LogP contribution in [-0.2, 0) is 6.18 Å². The second kappa shape index (κ2) is 8.87. The number of anilines is 4. The molecule has 0 fully saturated rings. The normalized spacial score (nSPS) is 11.1. The molecule has 0 aliphatic carbocycles. The van der Waals surface area contributed by atoms with Crippen molar-refractivity contribution in [2.75, 3.05) is 23.0 Å². The fourth-order valence-electron chi connectivity index (χ4n) is 2.47. The summed E-state index contributed by atoms with van der Waals surface area (Å²) in [7, 11) is 0. The molecule has 0 spiro atoms. The van der Waals surface area contributed by atoms with E-state index in [1.54, 1.807) is 30.3 Å². The molecule has 1 heterocycles. The summed E-state index contributed by atoms with van der Waals surface area (Å²) in [5, 5.41) is 8.30. The zero-order chi connectivity index (χ0) is 21.7. The van der Waals surface area contributed by atoms with Gasteiger partial charge in [0.1, 0.15) is 5.02 Å². The lowest BCUT2D eigenvalue weighted by Crippen LogP contribution is -2.29. The lowest BCUT2D eigenvalue weighted by Gasteiger charge is -2.13. The number of nitrogens with zero attached hydrogens (tertiary/aromatic N) is 2. The van der Waals surface area contributed by atoms with Crippen LogP contribution in [0.2, 0.25) is 5.02 Å². The number of rotatable bonds is 6. The molecule has 0 saturated carbocycles. The van der Waals surface area contributed by atoms with Gasteiger partial charge in [-0.25, -0.2) is 4.98 Å². The van der Waals surface area contributed by atoms with Gasteiger partial charge in [0.05, 0.1) is 18.4 Å². The van der Waals surface area contributed by atoms with Crippen molar-refractivity contribution in [1.29, 1.82) is 0 Å². The van der Waals surface area contributed by atoms with Crippen LogP contribution in [0.25, 0.3) is 0 Å². The first kappa shape index (κ1) is 21.2. The minimum absolute atomic E-state index is 0.00462. The molecule has 3 aromatic rings. The highest BCUT2D eigenvalue weighted by Gasteiger charge is 2.31. The number of benzene rings is 2. The standard InChI is InChI=1S/C19H16ClF3N6O/c20-15-9-25-18(28-14-7-12(19(21,22)23)6-13(24)8-14)29-16(15)26-10-27-17(30)11-4-2-1-3-5-11/h1-9H,10,24H2,(H,27,30)(H2,25,26,28,29). The van der Waals surface area contributed by atoms with Crippen molar-refractivity contribution in [3.05, 3.63) is 70.9 Å². The van der Waals surface area contributed by atoms with Crippen molar-refractivity contribution in [3.63, 3.8) is 0 Å². The van der Waals surface area contributed by atoms with Crippen LogP contribution >= 0.6 is 11.6 Å². The highest BCUT2D eigenvalue weighted by molar-refractivity contribution is 6.32. The molecule has 0 bridgehead atoms. The quantitative estimate of drug-likeness (QED) is 0.339. The third kappa shape index (κ3) is 5.51. The van der Waals surface area contributed by atoms with Crippen LogP contribution in [0.4, 0.5) is 36.3 Å². The van der Waals surface area contributed by atoms with Crippen LogP contribution in [0.1, 0.15) is 15.9 Å². The van der Waals surface area contributed by atoms with Crippen LogP contribution in [0, 0.1) is 0 Å². The average Bonchev–Trinajstić information content (AvgIpc) is 2.70. The fraction of sp³-hybridized carbons (Fsp3) is 0.105. The van der Waals surface area contributed by atoms with E-state index in [2.05, 4.69) is 25.9 Å². The number of amides is 1. The van der Waals surface area contributed by atoms with Crippen LogP contribution in [0.15, 0.2) is 54.7 Å². The predicted octanol–water partition coefficient (Wildman–Crippen LogP) is 4.27. The van der Waals surface area contributed by atoms with Gasteiger partial charge in [0.25, 0.3) is 5.91 Å². The summed E-state index contributed by atoms with van der Waals surface area (Å²) in [5.41, 5.74) is 5.13. The van der Waals surface area contributed by atoms with Crippen molar-refractivity contribution < 1.29 is 18.0 Å². The number of halogens is 4. The molecule has 3 rings (SSSR count). The first-order chi connectivity index (χ1) is 14.2. The monoisotopic (exact) mass is 436 g/mol. The van der Waals surface area contributed by atoms with E-state index in [9.17, 15) is 18.0 Å². The van der Waals surface area contributed by atoms with Crippen LogP contribution in [0.3, 0.4) is 0 Å². The van der Waals surface area contributed by atoms with Gasteiger partial charge >= 0.3 is 6.18 Å².